The number of nitrogens with zero attached hydrogens (tertiary/aromatic N) is 6. The van der Waals surface area contributed by atoms with Crippen molar-refractivity contribution >= 4 is 55.2 Å². The van der Waals surface area contributed by atoms with Gasteiger partial charge in [0.05, 0.1) is 23.9 Å². The van der Waals surface area contributed by atoms with E-state index >= 15 is 0 Å². The van der Waals surface area contributed by atoms with Crippen LogP contribution in [0, 0.1) is 6.92 Å². The highest BCUT2D eigenvalue weighted by molar-refractivity contribution is 7.91. The maximum atomic E-state index is 13.5. The molecule has 2 N–H and O–H groups in total. The molecule has 0 unspecified atom stereocenters. The molecule has 0 radical (unpaired) electrons. The van der Waals surface area contributed by atoms with Crippen molar-refractivity contribution < 1.29 is 35.9 Å². The van der Waals surface area contributed by atoms with Crippen molar-refractivity contribution in [1.29, 1.82) is 0 Å². The van der Waals surface area contributed by atoms with Gasteiger partial charge >= 0.3 is 12.3 Å². The number of hydrogen-bond donors (Lipinski definition) is 2. The largest absolute Gasteiger partial charge is 0.453 e. The lowest BCUT2D eigenvalue weighted by atomic mass is 10.1. The van der Waals surface area contributed by atoms with E-state index < -0.39 is 34.2 Å². The van der Waals surface area contributed by atoms with Gasteiger partial charge < -0.3 is 15.0 Å². The lowest BCUT2D eigenvalue weighted by Crippen LogP contribution is -2.50. The molecule has 2 aliphatic rings. The van der Waals surface area contributed by atoms with E-state index in [4.69, 9.17) is 0 Å². The van der Waals surface area contributed by atoms with Crippen molar-refractivity contribution in [2.45, 2.75) is 49.2 Å². The molecule has 0 bridgehead atoms. The third-order valence-electron chi connectivity index (χ3n) is 7.76. The standard InChI is InChI=1S/C27H33F3N8O5S2/c1-16(14-36-10-12-37(13-11-36)45(41,42)24-17(2)34-25(44-24)35-26(40)43-3)33-22-18-6-4-7-19(21(18)31-15-32-22)23(39)38-9-5-8-20(38)27(28,29)30/h4,6-7,15-16,20H,5,8-14H2,1-3H3,(H,31,32,33)(H,34,35,40)/t16-,20+/m0/s1. The number of rotatable bonds is 8. The number of carbonyl (C=O) groups is 2. The summed E-state index contributed by atoms with van der Waals surface area (Å²) in [4.78, 5) is 40.4. The summed E-state index contributed by atoms with van der Waals surface area (Å²) in [5, 5.41) is 6.35. The van der Waals surface area contributed by atoms with Gasteiger partial charge in [0, 0.05) is 50.7 Å². The topological polar surface area (TPSA) is 150 Å². The minimum Gasteiger partial charge on any atom is -0.453 e. The van der Waals surface area contributed by atoms with E-state index in [0.717, 1.165) is 16.2 Å². The molecule has 0 saturated carbocycles. The van der Waals surface area contributed by atoms with Gasteiger partial charge in [-0.3, -0.25) is 15.0 Å². The van der Waals surface area contributed by atoms with Gasteiger partial charge in [-0.2, -0.15) is 17.5 Å². The van der Waals surface area contributed by atoms with Gasteiger partial charge in [-0.15, -0.1) is 0 Å². The monoisotopic (exact) mass is 670 g/mol. The first-order valence-corrected chi connectivity index (χ1v) is 16.5. The van der Waals surface area contributed by atoms with Gasteiger partial charge in [0.2, 0.25) is 0 Å². The zero-order chi connectivity index (χ0) is 32.5. The third-order valence-corrected chi connectivity index (χ3v) is 11.3. The van der Waals surface area contributed by atoms with E-state index in [9.17, 15) is 31.2 Å². The van der Waals surface area contributed by atoms with Crippen LogP contribution in [0.3, 0.4) is 0 Å². The van der Waals surface area contributed by atoms with Crippen LogP contribution in [0.5, 0.6) is 0 Å². The molecular weight excluding hydrogens is 637 g/mol. The number of aromatic nitrogens is 3. The molecule has 2 fully saturated rings. The molecule has 2 aromatic heterocycles. The minimum atomic E-state index is -4.50. The Morgan fingerprint density at radius 3 is 2.58 bits per heavy atom. The van der Waals surface area contributed by atoms with Gasteiger partial charge in [-0.1, -0.05) is 17.4 Å². The minimum absolute atomic E-state index is 0.0264. The van der Waals surface area contributed by atoms with E-state index in [0.29, 0.717) is 30.8 Å². The van der Waals surface area contributed by atoms with Crippen molar-refractivity contribution in [3.05, 3.63) is 35.8 Å². The van der Waals surface area contributed by atoms with Crippen molar-refractivity contribution in [3.63, 3.8) is 0 Å². The smallest absolute Gasteiger partial charge is 0.413 e. The Kier molecular flexibility index (Phi) is 9.48. The highest BCUT2D eigenvalue weighted by Crippen LogP contribution is 2.35. The zero-order valence-electron chi connectivity index (χ0n) is 24.8. The predicted octanol–water partition coefficient (Wildman–Crippen LogP) is 3.55. The summed E-state index contributed by atoms with van der Waals surface area (Å²) in [7, 11) is -2.62. The van der Waals surface area contributed by atoms with Gasteiger partial charge in [-0.05, 0) is 38.8 Å². The Hall–Kier alpha value is -3.61. The number of piperazine rings is 1. The fraction of sp³-hybridized carbons (Fsp3) is 0.519. The molecule has 2 atom stereocenters. The number of alkyl halides is 3. The average molecular weight is 671 g/mol. The summed E-state index contributed by atoms with van der Waals surface area (Å²) in [5.41, 5.74) is 0.639. The van der Waals surface area contributed by atoms with Crippen molar-refractivity contribution in [1.82, 2.24) is 29.1 Å². The Morgan fingerprint density at radius 2 is 1.89 bits per heavy atom. The second kappa shape index (κ2) is 13.0. The number of hydrogen-bond acceptors (Lipinski definition) is 11. The van der Waals surface area contributed by atoms with Crippen molar-refractivity contribution in [2.75, 3.05) is 57.0 Å². The molecule has 5 rings (SSSR count). The van der Waals surface area contributed by atoms with Crippen LogP contribution in [0.2, 0.25) is 0 Å². The number of para-hydroxylation sites is 1. The molecule has 45 heavy (non-hydrogen) atoms. The maximum Gasteiger partial charge on any atom is 0.413 e. The molecule has 4 heterocycles. The van der Waals surface area contributed by atoms with Crippen LogP contribution in [-0.2, 0) is 14.8 Å². The number of aryl methyl sites for hydroxylation is 1. The number of amides is 2. The molecule has 0 spiro atoms. The molecule has 3 aromatic rings. The number of nitrogens with one attached hydrogen (secondary N) is 2. The average Bonchev–Trinajstić information content (AvgIpc) is 3.64. The van der Waals surface area contributed by atoms with E-state index in [1.807, 2.05) is 6.92 Å². The molecular formula is C27H33F3N8O5S2. The second-order valence-electron chi connectivity index (χ2n) is 10.9. The number of methoxy groups -OCH3 is 1. The Morgan fingerprint density at radius 1 is 1.16 bits per heavy atom. The highest BCUT2D eigenvalue weighted by Gasteiger charge is 2.48. The summed E-state index contributed by atoms with van der Waals surface area (Å²) < 4.78 is 73.3. The third kappa shape index (κ3) is 6.97. The fourth-order valence-electron chi connectivity index (χ4n) is 5.63. The summed E-state index contributed by atoms with van der Waals surface area (Å²) in [5.74, 6) is -0.274. The summed E-state index contributed by atoms with van der Waals surface area (Å²) >= 11 is 0.866. The van der Waals surface area contributed by atoms with Crippen LogP contribution in [0.25, 0.3) is 10.9 Å². The predicted molar refractivity (Wildman–Crippen MR) is 161 cm³/mol. The highest BCUT2D eigenvalue weighted by atomic mass is 32.2. The number of ether oxygens (including phenoxy) is 1. The van der Waals surface area contributed by atoms with E-state index in [1.165, 1.54) is 23.8 Å². The summed E-state index contributed by atoms with van der Waals surface area (Å²) in [6.07, 6.45) is -3.82. The molecule has 18 heteroatoms. The number of halogens is 3. The number of thiazole rings is 1. The van der Waals surface area contributed by atoms with Crippen LogP contribution in [0.1, 0.15) is 35.8 Å². The second-order valence-corrected chi connectivity index (χ2v) is 14.0. The number of anilines is 2. The zero-order valence-corrected chi connectivity index (χ0v) is 26.4. The molecule has 244 valence electrons. The molecule has 2 saturated heterocycles. The van der Waals surface area contributed by atoms with Crippen molar-refractivity contribution in [2.24, 2.45) is 0 Å². The molecule has 2 amide bonds. The Labute approximate surface area is 261 Å². The van der Waals surface area contributed by atoms with Crippen LogP contribution >= 0.6 is 11.3 Å². The van der Waals surface area contributed by atoms with E-state index in [1.54, 1.807) is 19.1 Å². The number of carbonyl (C=O) groups excluding carboxylic acids is 2. The molecule has 0 aliphatic carbocycles. The van der Waals surface area contributed by atoms with Crippen LogP contribution in [-0.4, -0.2) is 114 Å². The first-order valence-electron chi connectivity index (χ1n) is 14.2. The van der Waals surface area contributed by atoms with Gasteiger partial charge in [0.25, 0.3) is 15.9 Å². The normalized spacial score (nSPS) is 19.1. The van der Waals surface area contributed by atoms with Crippen LogP contribution in [0.4, 0.5) is 28.9 Å². The lowest BCUT2D eigenvalue weighted by Gasteiger charge is -2.35. The van der Waals surface area contributed by atoms with E-state index in [2.05, 4.69) is 35.2 Å². The summed E-state index contributed by atoms with van der Waals surface area (Å²) in [6, 6.07) is 2.82. The van der Waals surface area contributed by atoms with Gasteiger partial charge in [-0.25, -0.2) is 28.2 Å². The number of fused-ring (bicyclic) bond motifs is 1. The SMILES string of the molecule is COC(=O)Nc1nc(C)c(S(=O)(=O)N2CCN(C[C@H](C)Nc3ncnc4c(C(=O)N5CCC[C@@H]5C(F)(F)F)cccc34)CC2)s1. The number of benzene rings is 1. The molecule has 1 aromatic carbocycles. The Bertz CT molecular complexity index is 1680. The first kappa shape index (κ1) is 32.8. The Balaban J connectivity index is 1.22. The number of sulfonamides is 1. The fourth-order valence-corrected chi connectivity index (χ4v) is 8.59. The maximum absolute atomic E-state index is 13.5. The van der Waals surface area contributed by atoms with Gasteiger partial charge in [0.15, 0.2) is 9.34 Å². The first-order chi connectivity index (χ1) is 21.3. The number of likely N-dealkylation sites (tertiary alicyclic amines) is 1. The molecule has 13 nitrogen and oxygen atoms in total. The quantitative estimate of drug-likeness (QED) is 0.364. The lowest BCUT2D eigenvalue weighted by molar-refractivity contribution is -0.169. The van der Waals surface area contributed by atoms with Crippen LogP contribution < -0.4 is 10.6 Å². The molecule has 2 aliphatic heterocycles. The van der Waals surface area contributed by atoms with Gasteiger partial charge in [0.1, 0.15) is 18.2 Å². The van der Waals surface area contributed by atoms with Crippen LogP contribution in [0.15, 0.2) is 28.7 Å². The summed E-state index contributed by atoms with van der Waals surface area (Å²) in [6.45, 7) is 5.51. The van der Waals surface area contributed by atoms with Crippen molar-refractivity contribution in [3.8, 4) is 0 Å². The van der Waals surface area contributed by atoms with E-state index in [-0.39, 0.29) is 64.6 Å².